The fourth-order valence-corrected chi connectivity index (χ4v) is 1.92. The van der Waals surface area contributed by atoms with E-state index in [4.69, 9.17) is 23.7 Å². The molecule has 0 N–H and O–H groups in total. The molecule has 164 valence electrons. The maximum absolute atomic E-state index is 12.0. The number of rotatable bonds is 14. The van der Waals surface area contributed by atoms with E-state index in [1.165, 1.54) is 0 Å². The minimum atomic E-state index is -0.472. The average Bonchev–Trinajstić information content (AvgIpc) is 2.72. The Morgan fingerprint density at radius 3 is 1.87 bits per heavy atom. The molecule has 0 atom stereocenters. The van der Waals surface area contributed by atoms with Gasteiger partial charge in [0.2, 0.25) is 0 Å². The van der Waals surface area contributed by atoms with Crippen molar-refractivity contribution in [2.75, 3.05) is 39.6 Å². The molecule has 1 aromatic rings. The molecule has 0 heterocycles. The lowest BCUT2D eigenvalue weighted by Gasteiger charge is -2.09. The van der Waals surface area contributed by atoms with Gasteiger partial charge in [0.1, 0.15) is 19.0 Å². The molecule has 0 amide bonds. The summed E-state index contributed by atoms with van der Waals surface area (Å²) in [6, 6.07) is 6.49. The first kappa shape index (κ1) is 24.9. The zero-order chi connectivity index (χ0) is 22.4. The molecule has 0 aromatic heterocycles. The second-order valence-electron chi connectivity index (χ2n) is 6.31. The minimum Gasteiger partial charge on any atom is -0.491 e. The second kappa shape index (κ2) is 13.9. The summed E-state index contributed by atoms with van der Waals surface area (Å²) < 4.78 is 25.7. The van der Waals surface area contributed by atoms with E-state index in [9.17, 15) is 14.4 Å². The van der Waals surface area contributed by atoms with Crippen molar-refractivity contribution in [1.82, 2.24) is 0 Å². The monoisotopic (exact) mass is 420 g/mol. The van der Waals surface area contributed by atoms with E-state index in [0.717, 1.165) is 0 Å². The van der Waals surface area contributed by atoms with Gasteiger partial charge >= 0.3 is 17.9 Å². The van der Waals surface area contributed by atoms with E-state index >= 15 is 0 Å². The van der Waals surface area contributed by atoms with Crippen molar-refractivity contribution in [3.63, 3.8) is 0 Å². The Hall–Kier alpha value is -3.13. The lowest BCUT2D eigenvalue weighted by atomic mass is 10.2. The Kier molecular flexibility index (Phi) is 11.6. The van der Waals surface area contributed by atoms with Gasteiger partial charge in [0.25, 0.3) is 0 Å². The molecular formula is C22H28O8. The summed E-state index contributed by atoms with van der Waals surface area (Å²) in [5, 5.41) is 0. The van der Waals surface area contributed by atoms with Gasteiger partial charge in [-0.2, -0.15) is 0 Å². The normalized spacial score (nSPS) is 10.1. The topological polar surface area (TPSA) is 97.4 Å². The summed E-state index contributed by atoms with van der Waals surface area (Å²) in [7, 11) is 0. The van der Waals surface area contributed by atoms with Crippen LogP contribution in [0.15, 0.2) is 48.6 Å². The Labute approximate surface area is 176 Å². The van der Waals surface area contributed by atoms with Crippen LogP contribution in [0.3, 0.4) is 0 Å². The molecule has 0 spiro atoms. The number of esters is 3. The molecule has 0 aliphatic heterocycles. The molecule has 8 heteroatoms. The highest BCUT2D eigenvalue weighted by Crippen LogP contribution is 2.13. The van der Waals surface area contributed by atoms with Crippen LogP contribution in [0.1, 0.15) is 30.6 Å². The molecular weight excluding hydrogens is 392 g/mol. The number of carbonyl (C=O) groups excluding carboxylic acids is 3. The van der Waals surface area contributed by atoms with Crippen molar-refractivity contribution >= 4 is 17.9 Å². The molecule has 0 unspecified atom stereocenters. The van der Waals surface area contributed by atoms with Crippen molar-refractivity contribution in [1.29, 1.82) is 0 Å². The van der Waals surface area contributed by atoms with Gasteiger partial charge in [-0.1, -0.05) is 13.2 Å². The molecule has 8 nitrogen and oxygen atoms in total. The summed E-state index contributed by atoms with van der Waals surface area (Å²) in [6.45, 7) is 11.4. The number of ether oxygens (including phenoxy) is 5. The van der Waals surface area contributed by atoms with E-state index in [-0.39, 0.29) is 26.4 Å². The molecule has 0 bridgehead atoms. The quantitative estimate of drug-likeness (QED) is 0.196. The molecule has 0 saturated carbocycles. The third kappa shape index (κ3) is 10.4. The lowest BCUT2D eigenvalue weighted by molar-refractivity contribution is -0.140. The van der Waals surface area contributed by atoms with Crippen LogP contribution in [0.4, 0.5) is 0 Å². The van der Waals surface area contributed by atoms with Gasteiger partial charge in [0.05, 0.1) is 32.0 Å². The van der Waals surface area contributed by atoms with Crippen molar-refractivity contribution < 1.29 is 38.1 Å². The molecule has 0 aliphatic rings. The molecule has 1 rings (SSSR count). The molecule has 1 aromatic carbocycles. The summed E-state index contributed by atoms with van der Waals surface area (Å²) in [5.41, 5.74) is 1.05. The molecule has 0 radical (unpaired) electrons. The van der Waals surface area contributed by atoms with Crippen molar-refractivity contribution in [3.05, 3.63) is 54.1 Å². The standard InChI is InChI=1S/C22H28O8/c1-16(2)20(23)28-10-5-11-29-22(25)18-6-8-19(9-7-18)27-14-12-26-13-15-30-21(24)17(3)4/h6-9H,1,3,5,10-15H2,2,4H3. The summed E-state index contributed by atoms with van der Waals surface area (Å²) in [5.74, 6) is -0.802. The van der Waals surface area contributed by atoms with Crippen LogP contribution < -0.4 is 4.74 Å². The van der Waals surface area contributed by atoms with Crippen LogP contribution in [0.2, 0.25) is 0 Å². The van der Waals surface area contributed by atoms with Gasteiger partial charge in [-0.05, 0) is 38.1 Å². The van der Waals surface area contributed by atoms with Gasteiger partial charge in [-0.3, -0.25) is 0 Å². The zero-order valence-electron chi connectivity index (χ0n) is 17.4. The van der Waals surface area contributed by atoms with Gasteiger partial charge in [0, 0.05) is 17.6 Å². The third-order valence-corrected chi connectivity index (χ3v) is 3.50. The van der Waals surface area contributed by atoms with E-state index in [2.05, 4.69) is 13.2 Å². The van der Waals surface area contributed by atoms with Crippen LogP contribution in [0.25, 0.3) is 0 Å². The molecule has 0 aliphatic carbocycles. The number of hydrogen-bond donors (Lipinski definition) is 0. The highest BCUT2D eigenvalue weighted by Gasteiger charge is 2.08. The predicted molar refractivity (Wildman–Crippen MR) is 109 cm³/mol. The average molecular weight is 420 g/mol. The maximum atomic E-state index is 12.0. The third-order valence-electron chi connectivity index (χ3n) is 3.50. The SMILES string of the molecule is C=C(C)C(=O)OCCCOC(=O)c1ccc(OCCOCCOC(=O)C(=C)C)cc1. The smallest absolute Gasteiger partial charge is 0.338 e. The van der Waals surface area contributed by atoms with E-state index < -0.39 is 17.9 Å². The summed E-state index contributed by atoms with van der Waals surface area (Å²) >= 11 is 0. The highest BCUT2D eigenvalue weighted by molar-refractivity contribution is 5.89. The molecule has 0 saturated heterocycles. The highest BCUT2D eigenvalue weighted by atomic mass is 16.6. The first-order valence-electron chi connectivity index (χ1n) is 9.44. The van der Waals surface area contributed by atoms with Crippen molar-refractivity contribution in [3.8, 4) is 5.75 Å². The fraction of sp³-hybridized carbons (Fsp3) is 0.409. The van der Waals surface area contributed by atoms with Gasteiger partial charge in [-0.15, -0.1) is 0 Å². The first-order valence-corrected chi connectivity index (χ1v) is 9.44. The van der Waals surface area contributed by atoms with Crippen LogP contribution in [-0.2, 0) is 28.5 Å². The second-order valence-corrected chi connectivity index (χ2v) is 6.31. The van der Waals surface area contributed by atoms with E-state index in [1.807, 2.05) is 0 Å². The summed E-state index contributed by atoms with van der Waals surface area (Å²) in [6.07, 6.45) is 0.401. The van der Waals surface area contributed by atoms with Gasteiger partial charge < -0.3 is 23.7 Å². The van der Waals surface area contributed by atoms with E-state index in [0.29, 0.717) is 42.1 Å². The Balaban J connectivity index is 2.16. The fourth-order valence-electron chi connectivity index (χ4n) is 1.92. The Morgan fingerprint density at radius 2 is 1.27 bits per heavy atom. The lowest BCUT2D eigenvalue weighted by Crippen LogP contribution is -2.14. The minimum absolute atomic E-state index is 0.138. The number of hydrogen-bond acceptors (Lipinski definition) is 8. The zero-order valence-corrected chi connectivity index (χ0v) is 17.4. The van der Waals surface area contributed by atoms with E-state index in [1.54, 1.807) is 38.1 Å². The van der Waals surface area contributed by atoms with Crippen LogP contribution in [-0.4, -0.2) is 57.5 Å². The van der Waals surface area contributed by atoms with Crippen molar-refractivity contribution in [2.45, 2.75) is 20.3 Å². The largest absolute Gasteiger partial charge is 0.491 e. The van der Waals surface area contributed by atoms with Crippen molar-refractivity contribution in [2.24, 2.45) is 0 Å². The van der Waals surface area contributed by atoms with Crippen LogP contribution >= 0.6 is 0 Å². The maximum Gasteiger partial charge on any atom is 0.338 e. The van der Waals surface area contributed by atoms with Gasteiger partial charge in [0.15, 0.2) is 0 Å². The summed E-state index contributed by atoms with van der Waals surface area (Å²) in [4.78, 5) is 34.3. The van der Waals surface area contributed by atoms with Crippen LogP contribution in [0, 0.1) is 0 Å². The predicted octanol–water partition coefficient (Wildman–Crippen LogP) is 2.87. The number of carbonyl (C=O) groups is 3. The molecule has 0 fully saturated rings. The Morgan fingerprint density at radius 1 is 0.733 bits per heavy atom. The molecule has 30 heavy (non-hydrogen) atoms. The number of benzene rings is 1. The Bertz CT molecular complexity index is 736. The first-order chi connectivity index (χ1) is 14.3. The van der Waals surface area contributed by atoms with Crippen LogP contribution in [0.5, 0.6) is 5.75 Å². The van der Waals surface area contributed by atoms with Gasteiger partial charge in [-0.25, -0.2) is 14.4 Å².